The molecule has 0 spiro atoms. The minimum absolute atomic E-state index is 0.361. The largest absolute Gasteiger partial charge is 0.286 e. The van der Waals surface area contributed by atoms with Crippen LogP contribution in [0.2, 0.25) is 0 Å². The number of benzene rings is 2. The number of hydrogen-bond acceptors (Lipinski definition) is 3. The third-order valence-electron chi connectivity index (χ3n) is 2.78. The molecule has 0 N–H and O–H groups in total. The van der Waals surface area contributed by atoms with Gasteiger partial charge in [0.2, 0.25) is 0 Å². The first-order valence-electron chi connectivity index (χ1n) is 6.08. The monoisotopic (exact) mass is 292 g/mol. The second-order valence-electron chi connectivity index (χ2n) is 4.32. The standard InChI is InChI=1S/C15H16O2S2/c1-13-7-9-15(10-8-13)19(16,18)17-12-11-14-5-3-2-4-6-14/h2-10H,11-12H2,1H3. The molecule has 2 nitrogen and oxygen atoms in total. The Hall–Kier alpha value is -1.23. The van der Waals surface area contributed by atoms with Gasteiger partial charge in [0.25, 0.3) is 0 Å². The fraction of sp³-hybridized carbons (Fsp3) is 0.200. The van der Waals surface area contributed by atoms with E-state index in [1.54, 1.807) is 12.1 Å². The molecule has 0 amide bonds. The van der Waals surface area contributed by atoms with Crippen LogP contribution < -0.4 is 0 Å². The van der Waals surface area contributed by atoms with Gasteiger partial charge in [0, 0.05) is 11.2 Å². The van der Waals surface area contributed by atoms with E-state index in [4.69, 9.17) is 15.4 Å². The topological polar surface area (TPSA) is 26.3 Å². The first kappa shape index (κ1) is 14.2. The lowest BCUT2D eigenvalue weighted by Gasteiger charge is -2.08. The Kier molecular flexibility index (Phi) is 4.69. The van der Waals surface area contributed by atoms with Crippen LogP contribution in [-0.2, 0) is 30.6 Å². The van der Waals surface area contributed by atoms with Gasteiger partial charge in [-0.15, -0.1) is 0 Å². The Labute approximate surface area is 119 Å². The van der Waals surface area contributed by atoms with Crippen molar-refractivity contribution >= 4 is 20.0 Å². The summed E-state index contributed by atoms with van der Waals surface area (Å²) in [6.07, 6.45) is 0.709. The maximum atomic E-state index is 12.3. The zero-order valence-electron chi connectivity index (χ0n) is 10.7. The molecule has 1 atom stereocenters. The SMILES string of the molecule is Cc1ccc(S(=O)(=S)OCCc2ccccc2)cc1. The lowest BCUT2D eigenvalue weighted by molar-refractivity contribution is 0.350. The molecule has 0 radical (unpaired) electrons. The van der Waals surface area contributed by atoms with Crippen molar-refractivity contribution in [3.8, 4) is 0 Å². The molecule has 0 saturated carbocycles. The van der Waals surface area contributed by atoms with E-state index in [0.29, 0.717) is 17.9 Å². The molecule has 0 aliphatic rings. The quantitative estimate of drug-likeness (QED) is 0.846. The molecule has 0 saturated heterocycles. The van der Waals surface area contributed by atoms with E-state index < -0.39 is 8.77 Å². The van der Waals surface area contributed by atoms with Gasteiger partial charge in [0.1, 0.15) is 0 Å². The highest BCUT2D eigenvalue weighted by atomic mass is 32.8. The van der Waals surface area contributed by atoms with Crippen LogP contribution in [0.25, 0.3) is 0 Å². The van der Waals surface area contributed by atoms with E-state index >= 15 is 0 Å². The van der Waals surface area contributed by atoms with Gasteiger partial charge in [0.15, 0.2) is 8.77 Å². The zero-order chi connectivity index (χ0) is 13.7. The van der Waals surface area contributed by atoms with Gasteiger partial charge in [-0.2, -0.15) is 0 Å². The summed E-state index contributed by atoms with van der Waals surface area (Å²) in [7, 11) is -2.81. The molecule has 0 aliphatic carbocycles. The van der Waals surface area contributed by atoms with Gasteiger partial charge in [-0.3, -0.25) is 4.18 Å². The van der Waals surface area contributed by atoms with E-state index in [1.165, 1.54) is 0 Å². The summed E-state index contributed by atoms with van der Waals surface area (Å²) in [4.78, 5) is 0.571. The van der Waals surface area contributed by atoms with Gasteiger partial charge >= 0.3 is 0 Å². The van der Waals surface area contributed by atoms with Crippen molar-refractivity contribution in [2.24, 2.45) is 0 Å². The summed E-state index contributed by atoms with van der Waals surface area (Å²) >= 11 is 5.07. The van der Waals surface area contributed by atoms with E-state index in [0.717, 1.165) is 11.1 Å². The Bertz CT molecular complexity index is 617. The van der Waals surface area contributed by atoms with Gasteiger partial charge in [-0.25, -0.2) is 4.21 Å². The second kappa shape index (κ2) is 6.28. The summed E-state index contributed by atoms with van der Waals surface area (Å²) in [5, 5.41) is 0. The van der Waals surface area contributed by atoms with Crippen molar-refractivity contribution in [2.45, 2.75) is 18.2 Å². The molecule has 4 heteroatoms. The van der Waals surface area contributed by atoms with Crippen LogP contribution >= 0.6 is 0 Å². The van der Waals surface area contributed by atoms with Crippen molar-refractivity contribution in [1.82, 2.24) is 0 Å². The normalized spacial score (nSPS) is 13.9. The van der Waals surface area contributed by atoms with Crippen LogP contribution in [0.3, 0.4) is 0 Å². The molecule has 0 fully saturated rings. The molecule has 100 valence electrons. The highest BCUT2D eigenvalue weighted by Crippen LogP contribution is 2.14. The summed E-state index contributed by atoms with van der Waals surface area (Å²) in [5.74, 6) is 0. The highest BCUT2D eigenvalue weighted by molar-refractivity contribution is 8.30. The smallest absolute Gasteiger partial charge is 0.173 e. The maximum Gasteiger partial charge on any atom is 0.173 e. The van der Waals surface area contributed by atoms with E-state index in [-0.39, 0.29) is 0 Å². The molecule has 19 heavy (non-hydrogen) atoms. The number of hydrogen-bond donors (Lipinski definition) is 0. The molecular formula is C15H16O2S2. The average molecular weight is 292 g/mol. The third kappa shape index (κ3) is 4.13. The molecule has 0 aliphatic heterocycles. The fourth-order valence-electron chi connectivity index (χ4n) is 1.69. The Morgan fingerprint density at radius 2 is 1.68 bits per heavy atom. The van der Waals surface area contributed by atoms with E-state index in [1.807, 2.05) is 49.4 Å². The summed E-state index contributed by atoms with van der Waals surface area (Å²) in [6, 6.07) is 17.3. The second-order valence-corrected chi connectivity index (χ2v) is 7.26. The van der Waals surface area contributed by atoms with Crippen molar-refractivity contribution in [2.75, 3.05) is 6.61 Å². The van der Waals surface area contributed by atoms with Crippen molar-refractivity contribution in [3.05, 3.63) is 65.7 Å². The molecule has 0 bridgehead atoms. The van der Waals surface area contributed by atoms with E-state index in [2.05, 4.69) is 0 Å². The lowest BCUT2D eigenvalue weighted by Crippen LogP contribution is -2.08. The minimum Gasteiger partial charge on any atom is -0.286 e. The molecule has 0 aromatic heterocycles. The van der Waals surface area contributed by atoms with Gasteiger partial charge in [0.05, 0.1) is 11.5 Å². The molecule has 2 aromatic carbocycles. The minimum atomic E-state index is -2.81. The average Bonchev–Trinajstić information content (AvgIpc) is 2.40. The van der Waals surface area contributed by atoms with Crippen molar-refractivity contribution in [1.29, 1.82) is 0 Å². The third-order valence-corrected chi connectivity index (χ3v) is 4.97. The van der Waals surface area contributed by atoms with Crippen molar-refractivity contribution < 1.29 is 8.39 Å². The summed E-state index contributed by atoms with van der Waals surface area (Å²) in [6.45, 7) is 2.34. The van der Waals surface area contributed by atoms with E-state index in [9.17, 15) is 4.21 Å². The van der Waals surface area contributed by atoms with Crippen molar-refractivity contribution in [3.63, 3.8) is 0 Å². The summed E-state index contributed by atoms with van der Waals surface area (Å²) < 4.78 is 17.7. The molecule has 0 heterocycles. The van der Waals surface area contributed by atoms with Crippen LogP contribution in [-0.4, -0.2) is 10.8 Å². The highest BCUT2D eigenvalue weighted by Gasteiger charge is 2.10. The van der Waals surface area contributed by atoms with Crippen LogP contribution in [0.15, 0.2) is 59.5 Å². The molecule has 2 rings (SSSR count). The molecule has 1 unspecified atom stereocenters. The van der Waals surface area contributed by atoms with Crippen LogP contribution in [0.4, 0.5) is 0 Å². The molecule has 2 aromatic rings. The predicted octanol–water partition coefficient (Wildman–Crippen LogP) is 3.27. The zero-order valence-corrected chi connectivity index (χ0v) is 12.4. The number of aryl methyl sites for hydroxylation is 1. The Morgan fingerprint density at radius 3 is 2.32 bits per heavy atom. The van der Waals surface area contributed by atoms with Gasteiger partial charge in [-0.1, -0.05) is 48.0 Å². The Balaban J connectivity index is 1.97. The summed E-state index contributed by atoms with van der Waals surface area (Å²) in [5.41, 5.74) is 2.26. The Morgan fingerprint density at radius 1 is 1.05 bits per heavy atom. The van der Waals surface area contributed by atoms with Crippen LogP contribution in [0.1, 0.15) is 11.1 Å². The van der Waals surface area contributed by atoms with Gasteiger partial charge in [-0.05, 0) is 31.0 Å². The predicted molar refractivity (Wildman–Crippen MR) is 81.1 cm³/mol. The first-order valence-corrected chi connectivity index (χ1v) is 8.49. The van der Waals surface area contributed by atoms with Crippen LogP contribution in [0, 0.1) is 6.92 Å². The fourth-order valence-corrected chi connectivity index (χ4v) is 3.13. The first-order chi connectivity index (χ1) is 9.08. The molecular weight excluding hydrogens is 276 g/mol. The maximum absolute atomic E-state index is 12.3. The van der Waals surface area contributed by atoms with Gasteiger partial charge < -0.3 is 0 Å². The van der Waals surface area contributed by atoms with Crippen LogP contribution in [0.5, 0.6) is 0 Å². The number of rotatable bonds is 5. The lowest BCUT2D eigenvalue weighted by atomic mass is 10.2.